The van der Waals surface area contributed by atoms with Crippen molar-refractivity contribution in [3.05, 3.63) is 24.0 Å². The summed E-state index contributed by atoms with van der Waals surface area (Å²) >= 11 is 0. The van der Waals surface area contributed by atoms with Crippen LogP contribution in [0.1, 0.15) is 44.7 Å². The van der Waals surface area contributed by atoms with Gasteiger partial charge in [-0.15, -0.1) is 0 Å². The van der Waals surface area contributed by atoms with Crippen LogP contribution >= 0.6 is 0 Å². The van der Waals surface area contributed by atoms with Gasteiger partial charge in [-0.25, -0.2) is 0 Å². The van der Waals surface area contributed by atoms with E-state index in [9.17, 15) is 0 Å². The molecule has 0 aliphatic rings. The molecular formula is C12H22N2. The van der Waals surface area contributed by atoms with E-state index in [1.165, 1.54) is 24.8 Å². The topological polar surface area (TPSA) is 17.0 Å². The molecule has 0 aliphatic heterocycles. The SMILES string of the molecule is CCCCCn1ccc(C(C)NC)c1. The Morgan fingerprint density at radius 2 is 2.21 bits per heavy atom. The third-order valence-corrected chi connectivity index (χ3v) is 2.73. The van der Waals surface area contributed by atoms with E-state index in [1.54, 1.807) is 0 Å². The molecule has 1 atom stereocenters. The number of hydrogen-bond acceptors (Lipinski definition) is 1. The predicted molar refractivity (Wildman–Crippen MR) is 61.4 cm³/mol. The largest absolute Gasteiger partial charge is 0.354 e. The van der Waals surface area contributed by atoms with Crippen molar-refractivity contribution in [2.45, 2.75) is 45.7 Å². The maximum absolute atomic E-state index is 3.25. The first-order valence-corrected chi connectivity index (χ1v) is 5.61. The number of aromatic nitrogens is 1. The van der Waals surface area contributed by atoms with Gasteiger partial charge in [-0.3, -0.25) is 0 Å². The van der Waals surface area contributed by atoms with Crippen LogP contribution in [0.2, 0.25) is 0 Å². The van der Waals surface area contributed by atoms with E-state index in [2.05, 4.69) is 42.2 Å². The second-order valence-corrected chi connectivity index (χ2v) is 3.90. The highest BCUT2D eigenvalue weighted by molar-refractivity contribution is 5.14. The summed E-state index contributed by atoms with van der Waals surface area (Å²) in [5.74, 6) is 0. The number of unbranched alkanes of at least 4 members (excludes halogenated alkanes) is 2. The Labute approximate surface area is 87.3 Å². The van der Waals surface area contributed by atoms with E-state index >= 15 is 0 Å². The first kappa shape index (κ1) is 11.3. The average molecular weight is 194 g/mol. The van der Waals surface area contributed by atoms with Crippen LogP contribution in [0, 0.1) is 0 Å². The molecule has 0 amide bonds. The maximum atomic E-state index is 3.25. The van der Waals surface area contributed by atoms with Gasteiger partial charge in [0.25, 0.3) is 0 Å². The molecule has 1 heterocycles. The molecule has 0 radical (unpaired) electrons. The van der Waals surface area contributed by atoms with Gasteiger partial charge < -0.3 is 9.88 Å². The van der Waals surface area contributed by atoms with E-state index in [4.69, 9.17) is 0 Å². The molecule has 0 saturated carbocycles. The molecule has 0 aromatic carbocycles. The molecule has 0 bridgehead atoms. The normalized spacial score (nSPS) is 13.1. The zero-order valence-corrected chi connectivity index (χ0v) is 9.59. The highest BCUT2D eigenvalue weighted by Gasteiger charge is 2.03. The van der Waals surface area contributed by atoms with Crippen molar-refractivity contribution in [3.8, 4) is 0 Å². The first-order chi connectivity index (χ1) is 6.77. The fraction of sp³-hybridized carbons (Fsp3) is 0.667. The Balaban J connectivity index is 2.42. The molecule has 1 aromatic heterocycles. The molecule has 1 aromatic rings. The maximum Gasteiger partial charge on any atom is 0.0304 e. The zero-order chi connectivity index (χ0) is 10.4. The number of hydrogen-bond donors (Lipinski definition) is 1. The third-order valence-electron chi connectivity index (χ3n) is 2.73. The van der Waals surface area contributed by atoms with Crippen LogP contribution in [-0.2, 0) is 6.54 Å². The van der Waals surface area contributed by atoms with Gasteiger partial charge in [-0.05, 0) is 32.0 Å². The lowest BCUT2D eigenvalue weighted by Gasteiger charge is -2.07. The third kappa shape index (κ3) is 3.18. The highest BCUT2D eigenvalue weighted by Crippen LogP contribution is 2.12. The van der Waals surface area contributed by atoms with Crippen LogP contribution in [-0.4, -0.2) is 11.6 Å². The van der Waals surface area contributed by atoms with Crippen molar-refractivity contribution >= 4 is 0 Å². The van der Waals surface area contributed by atoms with E-state index in [0.717, 1.165) is 6.54 Å². The van der Waals surface area contributed by atoms with Gasteiger partial charge >= 0.3 is 0 Å². The monoisotopic (exact) mass is 194 g/mol. The second kappa shape index (κ2) is 5.86. The molecule has 0 aliphatic carbocycles. The van der Waals surface area contributed by atoms with E-state index < -0.39 is 0 Å². The fourth-order valence-electron chi connectivity index (χ4n) is 1.57. The lowest BCUT2D eigenvalue weighted by molar-refractivity contribution is 0.598. The van der Waals surface area contributed by atoms with Gasteiger partial charge in [0.15, 0.2) is 0 Å². The minimum atomic E-state index is 0.461. The Kier molecular flexibility index (Phi) is 4.74. The minimum absolute atomic E-state index is 0.461. The van der Waals surface area contributed by atoms with Crippen molar-refractivity contribution < 1.29 is 0 Å². The van der Waals surface area contributed by atoms with Crippen LogP contribution in [0.3, 0.4) is 0 Å². The van der Waals surface area contributed by atoms with Crippen LogP contribution in [0.5, 0.6) is 0 Å². The summed E-state index contributed by atoms with van der Waals surface area (Å²) < 4.78 is 2.29. The number of aryl methyl sites for hydroxylation is 1. The summed E-state index contributed by atoms with van der Waals surface area (Å²) in [5, 5.41) is 3.25. The van der Waals surface area contributed by atoms with Crippen LogP contribution in [0.15, 0.2) is 18.5 Å². The predicted octanol–water partition coefficient (Wildman–Crippen LogP) is 2.96. The minimum Gasteiger partial charge on any atom is -0.354 e. The standard InChI is InChI=1S/C12H22N2/c1-4-5-6-8-14-9-7-12(10-14)11(2)13-3/h7,9-11,13H,4-6,8H2,1-3H3. The number of rotatable bonds is 6. The summed E-state index contributed by atoms with van der Waals surface area (Å²) in [7, 11) is 2.00. The molecular weight excluding hydrogens is 172 g/mol. The van der Waals surface area contributed by atoms with E-state index in [1.807, 2.05) is 7.05 Å². The fourth-order valence-corrected chi connectivity index (χ4v) is 1.57. The molecule has 0 spiro atoms. The quantitative estimate of drug-likeness (QED) is 0.689. The summed E-state index contributed by atoms with van der Waals surface area (Å²) in [5.41, 5.74) is 1.38. The molecule has 2 heteroatoms. The van der Waals surface area contributed by atoms with Crippen molar-refractivity contribution in [1.29, 1.82) is 0 Å². The molecule has 1 N–H and O–H groups in total. The molecule has 1 unspecified atom stereocenters. The van der Waals surface area contributed by atoms with E-state index in [0.29, 0.717) is 6.04 Å². The lowest BCUT2D eigenvalue weighted by atomic mass is 10.2. The molecule has 2 nitrogen and oxygen atoms in total. The molecule has 0 fully saturated rings. The number of nitrogens with zero attached hydrogens (tertiary/aromatic N) is 1. The van der Waals surface area contributed by atoms with Gasteiger partial charge in [0.2, 0.25) is 0 Å². The van der Waals surface area contributed by atoms with Crippen LogP contribution in [0.4, 0.5) is 0 Å². The van der Waals surface area contributed by atoms with E-state index in [-0.39, 0.29) is 0 Å². The van der Waals surface area contributed by atoms with Crippen molar-refractivity contribution in [1.82, 2.24) is 9.88 Å². The molecule has 14 heavy (non-hydrogen) atoms. The Bertz CT molecular complexity index is 253. The van der Waals surface area contributed by atoms with Gasteiger partial charge in [-0.1, -0.05) is 19.8 Å². The second-order valence-electron chi connectivity index (χ2n) is 3.90. The Hall–Kier alpha value is -0.760. The molecule has 80 valence electrons. The van der Waals surface area contributed by atoms with Gasteiger partial charge in [0.05, 0.1) is 0 Å². The molecule has 0 saturated heterocycles. The number of nitrogens with one attached hydrogen (secondary N) is 1. The zero-order valence-electron chi connectivity index (χ0n) is 9.59. The van der Waals surface area contributed by atoms with Gasteiger partial charge in [-0.2, -0.15) is 0 Å². The highest BCUT2D eigenvalue weighted by atomic mass is 14.9. The van der Waals surface area contributed by atoms with Crippen molar-refractivity contribution in [2.24, 2.45) is 0 Å². The lowest BCUT2D eigenvalue weighted by Crippen LogP contribution is -2.11. The molecule has 1 rings (SSSR count). The summed E-state index contributed by atoms with van der Waals surface area (Å²) in [6.45, 7) is 5.58. The summed E-state index contributed by atoms with van der Waals surface area (Å²) in [4.78, 5) is 0. The smallest absolute Gasteiger partial charge is 0.0304 e. The first-order valence-electron chi connectivity index (χ1n) is 5.61. The Morgan fingerprint density at radius 3 is 2.86 bits per heavy atom. The summed E-state index contributed by atoms with van der Waals surface area (Å²) in [6, 6.07) is 2.66. The van der Waals surface area contributed by atoms with Crippen molar-refractivity contribution in [2.75, 3.05) is 7.05 Å². The van der Waals surface area contributed by atoms with Crippen LogP contribution < -0.4 is 5.32 Å². The van der Waals surface area contributed by atoms with Gasteiger partial charge in [0.1, 0.15) is 0 Å². The van der Waals surface area contributed by atoms with Crippen molar-refractivity contribution in [3.63, 3.8) is 0 Å². The average Bonchev–Trinajstić information content (AvgIpc) is 2.66. The Morgan fingerprint density at radius 1 is 1.43 bits per heavy atom. The van der Waals surface area contributed by atoms with Crippen LogP contribution in [0.25, 0.3) is 0 Å². The summed E-state index contributed by atoms with van der Waals surface area (Å²) in [6.07, 6.45) is 8.34. The van der Waals surface area contributed by atoms with Gasteiger partial charge in [0, 0.05) is 25.0 Å².